The summed E-state index contributed by atoms with van der Waals surface area (Å²) in [5.74, 6) is -0.374. The Bertz CT molecular complexity index is 526. The van der Waals surface area contributed by atoms with Crippen molar-refractivity contribution < 1.29 is 14.3 Å². The van der Waals surface area contributed by atoms with Gasteiger partial charge in [-0.3, -0.25) is 9.59 Å². The number of carbonyl (C=O) groups excluding carboxylic acids is 2. The van der Waals surface area contributed by atoms with Crippen LogP contribution in [0.2, 0.25) is 0 Å². The maximum Gasteiger partial charge on any atom is 0.271 e. The van der Waals surface area contributed by atoms with Crippen molar-refractivity contribution in [2.45, 2.75) is 26.4 Å². The summed E-state index contributed by atoms with van der Waals surface area (Å²) < 4.78 is 7.13. The smallest absolute Gasteiger partial charge is 0.271 e. The highest BCUT2D eigenvalue weighted by atomic mass is 16.5. The minimum absolute atomic E-state index is 0.187. The molecule has 1 unspecified atom stereocenters. The first-order chi connectivity index (χ1) is 10.1. The van der Waals surface area contributed by atoms with Crippen LogP contribution in [0.15, 0.2) is 12.3 Å². The minimum Gasteiger partial charge on any atom is -0.397 e. The number of rotatable bonds is 4. The van der Waals surface area contributed by atoms with Gasteiger partial charge in [0.05, 0.1) is 18.9 Å². The van der Waals surface area contributed by atoms with Gasteiger partial charge in [-0.2, -0.15) is 0 Å². The fraction of sp³-hybridized carbons (Fsp3) is 0.571. The monoisotopic (exact) mass is 294 g/mol. The molecule has 0 bridgehead atoms. The molecule has 0 radical (unpaired) electrons. The molecule has 0 saturated carbocycles. The Morgan fingerprint density at radius 3 is 2.90 bits per heavy atom. The molecule has 21 heavy (non-hydrogen) atoms. The van der Waals surface area contributed by atoms with E-state index in [-0.39, 0.29) is 18.4 Å². The Morgan fingerprint density at radius 2 is 2.24 bits per heavy atom. The van der Waals surface area contributed by atoms with Crippen LogP contribution in [-0.2, 0) is 16.1 Å². The predicted octanol–water partition coefficient (Wildman–Crippen LogP) is 0.0673. The number of hydrogen-bond donors (Lipinski definition) is 2. The number of nitrogen functional groups attached to an aromatic ring is 1. The van der Waals surface area contributed by atoms with Gasteiger partial charge in [-0.05, 0) is 19.9 Å². The van der Waals surface area contributed by atoms with Crippen molar-refractivity contribution in [1.82, 2.24) is 14.8 Å². The molecule has 1 aromatic heterocycles. The lowest BCUT2D eigenvalue weighted by Gasteiger charge is -2.34. The summed E-state index contributed by atoms with van der Waals surface area (Å²) in [6, 6.07) is 1.06. The van der Waals surface area contributed by atoms with Gasteiger partial charge in [0.25, 0.3) is 5.91 Å². The number of nitrogens with zero attached hydrogens (tertiary/aromatic N) is 2. The second-order valence-corrected chi connectivity index (χ2v) is 4.93. The van der Waals surface area contributed by atoms with Gasteiger partial charge in [-0.25, -0.2) is 0 Å². The zero-order valence-corrected chi connectivity index (χ0v) is 12.5. The van der Waals surface area contributed by atoms with Gasteiger partial charge >= 0.3 is 0 Å². The molecule has 0 aliphatic carbocycles. The molecule has 3 N–H and O–H groups in total. The SMILES string of the molecule is CCNC(=O)C1COCCN1C(=O)c1cc(N)cn1CC. The highest BCUT2D eigenvalue weighted by molar-refractivity contribution is 5.97. The second-order valence-electron chi connectivity index (χ2n) is 4.93. The number of carbonyl (C=O) groups is 2. The summed E-state index contributed by atoms with van der Waals surface area (Å²) in [6.45, 7) is 6.01. The normalized spacial score (nSPS) is 18.6. The number of amides is 2. The lowest BCUT2D eigenvalue weighted by molar-refractivity contribution is -0.130. The Balaban J connectivity index is 2.24. The highest BCUT2D eigenvalue weighted by Gasteiger charge is 2.34. The molecule has 2 heterocycles. The lowest BCUT2D eigenvalue weighted by atomic mass is 10.2. The summed E-state index contributed by atoms with van der Waals surface area (Å²) in [5.41, 5.74) is 6.82. The van der Waals surface area contributed by atoms with E-state index >= 15 is 0 Å². The number of likely N-dealkylation sites (N-methyl/N-ethyl adjacent to an activating group) is 1. The molecule has 1 atom stereocenters. The zero-order chi connectivity index (χ0) is 15.4. The van der Waals surface area contributed by atoms with Crippen molar-refractivity contribution in [2.24, 2.45) is 0 Å². The minimum atomic E-state index is -0.590. The van der Waals surface area contributed by atoms with Crippen molar-refractivity contribution in [1.29, 1.82) is 0 Å². The van der Waals surface area contributed by atoms with Crippen LogP contribution in [0.3, 0.4) is 0 Å². The average Bonchev–Trinajstić information content (AvgIpc) is 2.88. The third-order valence-corrected chi connectivity index (χ3v) is 3.52. The molecule has 1 fully saturated rings. The van der Waals surface area contributed by atoms with Crippen LogP contribution in [0.5, 0.6) is 0 Å². The average molecular weight is 294 g/mol. The van der Waals surface area contributed by atoms with Gasteiger partial charge in [0.15, 0.2) is 0 Å². The fourth-order valence-electron chi connectivity index (χ4n) is 2.48. The maximum atomic E-state index is 12.7. The van der Waals surface area contributed by atoms with E-state index in [9.17, 15) is 9.59 Å². The van der Waals surface area contributed by atoms with Crippen molar-refractivity contribution >= 4 is 17.5 Å². The van der Waals surface area contributed by atoms with E-state index < -0.39 is 6.04 Å². The zero-order valence-electron chi connectivity index (χ0n) is 12.5. The molecule has 1 aliphatic rings. The first-order valence-corrected chi connectivity index (χ1v) is 7.20. The molecule has 116 valence electrons. The Labute approximate surface area is 124 Å². The van der Waals surface area contributed by atoms with Crippen LogP contribution < -0.4 is 11.1 Å². The van der Waals surface area contributed by atoms with Gasteiger partial charge in [0, 0.05) is 25.8 Å². The van der Waals surface area contributed by atoms with Crippen molar-refractivity contribution in [2.75, 3.05) is 32.0 Å². The molecule has 1 aliphatic heterocycles. The van der Waals surface area contributed by atoms with Crippen LogP contribution in [0.25, 0.3) is 0 Å². The highest BCUT2D eigenvalue weighted by Crippen LogP contribution is 2.17. The van der Waals surface area contributed by atoms with Gasteiger partial charge in [-0.15, -0.1) is 0 Å². The molecule has 1 aromatic rings. The molecule has 0 aromatic carbocycles. The van der Waals surface area contributed by atoms with E-state index in [1.807, 2.05) is 13.8 Å². The van der Waals surface area contributed by atoms with E-state index in [4.69, 9.17) is 10.5 Å². The molecular formula is C14H22N4O3. The number of nitrogens with one attached hydrogen (secondary N) is 1. The molecular weight excluding hydrogens is 272 g/mol. The first kappa shape index (κ1) is 15.4. The van der Waals surface area contributed by atoms with Crippen LogP contribution in [0.4, 0.5) is 5.69 Å². The topological polar surface area (TPSA) is 89.6 Å². The number of morpholine rings is 1. The number of nitrogens with two attached hydrogens (primary N) is 1. The van der Waals surface area contributed by atoms with E-state index in [1.165, 1.54) is 0 Å². The Morgan fingerprint density at radius 1 is 1.48 bits per heavy atom. The number of anilines is 1. The quantitative estimate of drug-likeness (QED) is 0.822. The first-order valence-electron chi connectivity index (χ1n) is 7.20. The fourth-order valence-corrected chi connectivity index (χ4v) is 2.48. The van der Waals surface area contributed by atoms with Gasteiger partial charge in [0.2, 0.25) is 5.91 Å². The number of aromatic nitrogens is 1. The third-order valence-electron chi connectivity index (χ3n) is 3.52. The van der Waals surface area contributed by atoms with E-state index in [1.54, 1.807) is 21.7 Å². The summed E-state index contributed by atoms with van der Waals surface area (Å²) in [6.07, 6.45) is 1.73. The van der Waals surface area contributed by atoms with E-state index in [0.717, 1.165) is 0 Å². The Hall–Kier alpha value is -2.02. The predicted molar refractivity (Wildman–Crippen MR) is 78.8 cm³/mol. The number of hydrogen-bond acceptors (Lipinski definition) is 4. The van der Waals surface area contributed by atoms with Crippen molar-refractivity contribution in [3.05, 3.63) is 18.0 Å². The molecule has 2 amide bonds. The molecule has 7 nitrogen and oxygen atoms in total. The summed E-state index contributed by atoms with van der Waals surface area (Å²) in [4.78, 5) is 26.4. The molecule has 1 saturated heterocycles. The molecule has 0 spiro atoms. The largest absolute Gasteiger partial charge is 0.397 e. The lowest BCUT2D eigenvalue weighted by Crippen LogP contribution is -2.56. The summed E-state index contributed by atoms with van der Waals surface area (Å²) in [7, 11) is 0. The standard InChI is InChI=1S/C14H22N4O3/c1-3-16-13(19)12-9-21-6-5-18(12)14(20)11-7-10(15)8-17(11)4-2/h7-8,12H,3-6,9,15H2,1-2H3,(H,16,19). The van der Waals surface area contributed by atoms with E-state index in [0.29, 0.717) is 37.6 Å². The van der Waals surface area contributed by atoms with Crippen LogP contribution >= 0.6 is 0 Å². The van der Waals surface area contributed by atoms with Crippen molar-refractivity contribution in [3.63, 3.8) is 0 Å². The van der Waals surface area contributed by atoms with Crippen LogP contribution in [0.1, 0.15) is 24.3 Å². The Kier molecular flexibility index (Phi) is 4.85. The molecule has 2 rings (SSSR count). The third kappa shape index (κ3) is 3.18. The summed E-state index contributed by atoms with van der Waals surface area (Å²) >= 11 is 0. The van der Waals surface area contributed by atoms with Gasteiger partial charge in [-0.1, -0.05) is 0 Å². The van der Waals surface area contributed by atoms with Crippen LogP contribution in [0, 0.1) is 0 Å². The second kappa shape index (κ2) is 6.62. The van der Waals surface area contributed by atoms with Crippen LogP contribution in [-0.4, -0.2) is 53.6 Å². The number of ether oxygens (including phenoxy) is 1. The molecule has 7 heteroatoms. The number of aryl methyl sites for hydroxylation is 1. The van der Waals surface area contributed by atoms with Gasteiger partial charge < -0.3 is 25.3 Å². The van der Waals surface area contributed by atoms with Gasteiger partial charge in [0.1, 0.15) is 11.7 Å². The maximum absolute atomic E-state index is 12.7. The van der Waals surface area contributed by atoms with E-state index in [2.05, 4.69) is 5.32 Å². The van der Waals surface area contributed by atoms with Crippen molar-refractivity contribution in [3.8, 4) is 0 Å². The summed E-state index contributed by atoms with van der Waals surface area (Å²) in [5, 5.41) is 2.74.